The van der Waals surface area contributed by atoms with E-state index in [0.29, 0.717) is 12.5 Å². The second-order valence-corrected chi connectivity index (χ2v) is 5.64. The van der Waals surface area contributed by atoms with Crippen molar-refractivity contribution in [3.8, 4) is 0 Å². The lowest BCUT2D eigenvalue weighted by Gasteiger charge is -2.35. The first-order valence-electron chi connectivity index (χ1n) is 6.55. The average Bonchev–Trinajstić information content (AvgIpc) is 2.74. The molecule has 0 saturated carbocycles. The maximum atomic E-state index is 11.5. The van der Waals surface area contributed by atoms with Gasteiger partial charge in [0, 0.05) is 18.5 Å². The zero-order valence-corrected chi connectivity index (χ0v) is 11.0. The van der Waals surface area contributed by atoms with Crippen molar-refractivity contribution in [2.75, 3.05) is 13.1 Å². The molecule has 1 aromatic rings. The number of carbonyl (C=O) groups is 1. The van der Waals surface area contributed by atoms with Crippen molar-refractivity contribution in [3.63, 3.8) is 0 Å². The minimum Gasteiger partial charge on any atom is -0.481 e. The van der Waals surface area contributed by atoms with Crippen molar-refractivity contribution in [1.82, 2.24) is 5.32 Å². The van der Waals surface area contributed by atoms with E-state index in [1.165, 1.54) is 0 Å². The Hall–Kier alpha value is -1.35. The van der Waals surface area contributed by atoms with Gasteiger partial charge in [-0.3, -0.25) is 4.79 Å². The molecule has 1 aliphatic rings. The molecule has 98 valence electrons. The van der Waals surface area contributed by atoms with E-state index in [4.69, 9.17) is 0 Å². The summed E-state index contributed by atoms with van der Waals surface area (Å²) in [6.07, 6.45) is 0.904. The second-order valence-electron chi connectivity index (χ2n) is 5.64. The van der Waals surface area contributed by atoms with Crippen molar-refractivity contribution in [1.29, 1.82) is 0 Å². The minimum absolute atomic E-state index is 0.263. The van der Waals surface area contributed by atoms with Crippen LogP contribution in [0, 0.1) is 11.8 Å². The number of hydrogen-bond donors (Lipinski definition) is 2. The van der Waals surface area contributed by atoms with Crippen LogP contribution in [0.3, 0.4) is 0 Å². The summed E-state index contributed by atoms with van der Waals surface area (Å²) in [6.45, 7) is 5.63. The van der Waals surface area contributed by atoms with E-state index in [0.717, 1.165) is 18.5 Å². The molecule has 1 fully saturated rings. The van der Waals surface area contributed by atoms with Crippen molar-refractivity contribution in [2.45, 2.75) is 25.7 Å². The summed E-state index contributed by atoms with van der Waals surface area (Å²) in [5, 5.41) is 12.8. The fraction of sp³-hybridized carbons (Fsp3) is 0.533. The zero-order chi connectivity index (χ0) is 13.2. The SMILES string of the molecule is CC(C)CC1(c2ccccc2)CNCC1C(=O)O. The van der Waals surface area contributed by atoms with Gasteiger partial charge in [-0.2, -0.15) is 0 Å². The molecular weight excluding hydrogens is 226 g/mol. The summed E-state index contributed by atoms with van der Waals surface area (Å²) >= 11 is 0. The summed E-state index contributed by atoms with van der Waals surface area (Å²) in [5.41, 5.74) is 0.887. The van der Waals surface area contributed by atoms with E-state index in [2.05, 4.69) is 31.3 Å². The lowest BCUT2D eigenvalue weighted by Crippen LogP contribution is -2.40. The molecule has 3 nitrogen and oxygen atoms in total. The first-order chi connectivity index (χ1) is 8.56. The van der Waals surface area contributed by atoms with Gasteiger partial charge in [-0.1, -0.05) is 44.2 Å². The number of rotatable bonds is 4. The third-order valence-corrected chi connectivity index (χ3v) is 3.88. The monoisotopic (exact) mass is 247 g/mol. The van der Waals surface area contributed by atoms with Crippen molar-refractivity contribution in [2.24, 2.45) is 11.8 Å². The molecule has 18 heavy (non-hydrogen) atoms. The van der Waals surface area contributed by atoms with Gasteiger partial charge in [0.05, 0.1) is 5.92 Å². The van der Waals surface area contributed by atoms with E-state index in [9.17, 15) is 9.90 Å². The highest BCUT2D eigenvalue weighted by molar-refractivity contribution is 5.73. The van der Waals surface area contributed by atoms with Crippen LogP contribution >= 0.6 is 0 Å². The molecule has 0 amide bonds. The smallest absolute Gasteiger partial charge is 0.308 e. The molecule has 0 aliphatic carbocycles. The number of nitrogens with one attached hydrogen (secondary N) is 1. The van der Waals surface area contributed by atoms with Crippen LogP contribution in [0.25, 0.3) is 0 Å². The van der Waals surface area contributed by atoms with Gasteiger partial charge in [0.15, 0.2) is 0 Å². The lowest BCUT2D eigenvalue weighted by atomic mass is 9.68. The highest BCUT2D eigenvalue weighted by atomic mass is 16.4. The standard InChI is InChI=1S/C15H21NO2/c1-11(2)8-15(12-6-4-3-5-7-12)10-16-9-13(15)14(17)18/h3-7,11,13,16H,8-10H2,1-2H3,(H,17,18). The Labute approximate surface area is 108 Å². The number of hydrogen-bond acceptors (Lipinski definition) is 2. The van der Waals surface area contributed by atoms with Crippen LogP contribution in [0.15, 0.2) is 30.3 Å². The molecule has 3 heteroatoms. The van der Waals surface area contributed by atoms with Gasteiger partial charge in [0.25, 0.3) is 0 Å². The van der Waals surface area contributed by atoms with E-state index in [1.54, 1.807) is 0 Å². The van der Waals surface area contributed by atoms with Gasteiger partial charge in [-0.05, 0) is 17.9 Å². The van der Waals surface area contributed by atoms with Gasteiger partial charge in [-0.15, -0.1) is 0 Å². The molecule has 0 aromatic heterocycles. The van der Waals surface area contributed by atoms with E-state index < -0.39 is 5.97 Å². The highest BCUT2D eigenvalue weighted by Gasteiger charge is 2.48. The fourth-order valence-corrected chi connectivity index (χ4v) is 3.22. The van der Waals surface area contributed by atoms with Crippen LogP contribution in [0.1, 0.15) is 25.8 Å². The van der Waals surface area contributed by atoms with Gasteiger partial charge >= 0.3 is 5.97 Å². The molecule has 1 saturated heterocycles. The average molecular weight is 247 g/mol. The molecule has 2 unspecified atom stereocenters. The van der Waals surface area contributed by atoms with Gasteiger partial charge in [-0.25, -0.2) is 0 Å². The Morgan fingerprint density at radius 2 is 2.11 bits per heavy atom. The van der Waals surface area contributed by atoms with Crippen LogP contribution < -0.4 is 5.32 Å². The van der Waals surface area contributed by atoms with Crippen molar-refractivity contribution >= 4 is 5.97 Å². The van der Waals surface area contributed by atoms with Gasteiger partial charge in [0.2, 0.25) is 0 Å². The van der Waals surface area contributed by atoms with Crippen LogP contribution in [-0.2, 0) is 10.2 Å². The molecule has 1 aliphatic heterocycles. The number of carboxylic acids is 1. The Morgan fingerprint density at radius 1 is 1.44 bits per heavy atom. The number of carboxylic acid groups (broad SMARTS) is 1. The molecule has 2 rings (SSSR count). The summed E-state index contributed by atoms with van der Waals surface area (Å²) in [6, 6.07) is 10.1. The van der Waals surface area contributed by atoms with Crippen LogP contribution in [0.4, 0.5) is 0 Å². The molecule has 0 radical (unpaired) electrons. The van der Waals surface area contributed by atoms with Gasteiger partial charge < -0.3 is 10.4 Å². The topological polar surface area (TPSA) is 49.3 Å². The Balaban J connectivity index is 2.43. The zero-order valence-electron chi connectivity index (χ0n) is 11.0. The van der Waals surface area contributed by atoms with E-state index in [-0.39, 0.29) is 11.3 Å². The summed E-state index contributed by atoms with van der Waals surface area (Å²) in [7, 11) is 0. The molecule has 2 N–H and O–H groups in total. The largest absolute Gasteiger partial charge is 0.481 e. The lowest BCUT2D eigenvalue weighted by molar-refractivity contribution is -0.143. The minimum atomic E-state index is -0.690. The van der Waals surface area contributed by atoms with Crippen LogP contribution in [0.2, 0.25) is 0 Å². The molecular formula is C15H21NO2. The third-order valence-electron chi connectivity index (χ3n) is 3.88. The van der Waals surface area contributed by atoms with Crippen molar-refractivity contribution in [3.05, 3.63) is 35.9 Å². The highest BCUT2D eigenvalue weighted by Crippen LogP contribution is 2.41. The second kappa shape index (κ2) is 5.11. The van der Waals surface area contributed by atoms with Crippen LogP contribution in [-0.4, -0.2) is 24.2 Å². The third kappa shape index (κ3) is 2.27. The Morgan fingerprint density at radius 3 is 2.67 bits per heavy atom. The molecule has 1 aromatic carbocycles. The molecule has 0 bridgehead atoms. The summed E-state index contributed by atoms with van der Waals surface area (Å²) in [4.78, 5) is 11.5. The van der Waals surface area contributed by atoms with E-state index >= 15 is 0 Å². The number of aliphatic carboxylic acids is 1. The Kier molecular flexibility index (Phi) is 3.71. The molecule has 1 heterocycles. The quantitative estimate of drug-likeness (QED) is 0.858. The van der Waals surface area contributed by atoms with E-state index in [1.807, 2.05) is 18.2 Å². The fourth-order valence-electron chi connectivity index (χ4n) is 3.22. The van der Waals surface area contributed by atoms with Crippen LogP contribution in [0.5, 0.6) is 0 Å². The normalized spacial score (nSPS) is 27.6. The first-order valence-corrected chi connectivity index (χ1v) is 6.55. The predicted octanol–water partition coefficient (Wildman–Crippen LogP) is 2.27. The maximum absolute atomic E-state index is 11.5. The molecule has 0 spiro atoms. The summed E-state index contributed by atoms with van der Waals surface area (Å²) < 4.78 is 0. The van der Waals surface area contributed by atoms with Crippen molar-refractivity contribution < 1.29 is 9.90 Å². The number of benzene rings is 1. The summed E-state index contributed by atoms with van der Waals surface area (Å²) in [5.74, 6) is -0.543. The first kappa shape index (κ1) is 13.1. The Bertz CT molecular complexity index is 416. The maximum Gasteiger partial charge on any atom is 0.308 e. The predicted molar refractivity (Wildman–Crippen MR) is 71.6 cm³/mol. The van der Waals surface area contributed by atoms with Gasteiger partial charge in [0.1, 0.15) is 0 Å². The molecule has 2 atom stereocenters.